The van der Waals surface area contributed by atoms with Gasteiger partial charge in [0.25, 0.3) is 0 Å². The molecule has 4 nitrogen and oxygen atoms in total. The highest BCUT2D eigenvalue weighted by Crippen LogP contribution is 2.33. The third-order valence-electron chi connectivity index (χ3n) is 6.00. The van der Waals surface area contributed by atoms with Crippen molar-refractivity contribution in [2.24, 2.45) is 0 Å². The summed E-state index contributed by atoms with van der Waals surface area (Å²) < 4.78 is 1.98. The summed E-state index contributed by atoms with van der Waals surface area (Å²) in [5, 5.41) is 1.97. The van der Waals surface area contributed by atoms with Gasteiger partial charge < -0.3 is 9.47 Å². The first-order valence-electron chi connectivity index (χ1n) is 10.2. The number of benzene rings is 3. The van der Waals surface area contributed by atoms with Gasteiger partial charge >= 0.3 is 0 Å². The van der Waals surface area contributed by atoms with Crippen molar-refractivity contribution in [3.05, 3.63) is 93.6 Å². The van der Waals surface area contributed by atoms with Gasteiger partial charge in [-0.05, 0) is 54.8 Å². The molecule has 0 spiro atoms. The number of likely N-dealkylation sites (tertiary alicyclic amines) is 1. The van der Waals surface area contributed by atoms with Crippen LogP contribution in [0.1, 0.15) is 24.4 Å². The molecule has 3 aromatic carbocycles. The molecule has 1 amide bonds. The van der Waals surface area contributed by atoms with Crippen LogP contribution >= 0.6 is 11.6 Å². The van der Waals surface area contributed by atoms with Crippen molar-refractivity contribution in [2.75, 3.05) is 6.54 Å². The van der Waals surface area contributed by atoms with Crippen LogP contribution in [0.2, 0.25) is 5.02 Å². The summed E-state index contributed by atoms with van der Waals surface area (Å²) in [6, 6.07) is 22.8. The number of carbonyl (C=O) groups is 1. The highest BCUT2D eigenvalue weighted by Gasteiger charge is 2.30. The van der Waals surface area contributed by atoms with Gasteiger partial charge in [-0.25, -0.2) is 0 Å². The quantitative estimate of drug-likeness (QED) is 0.432. The number of pyridine rings is 1. The largest absolute Gasteiger partial charge is 0.334 e. The van der Waals surface area contributed by atoms with Gasteiger partial charge in [0.2, 0.25) is 5.91 Å². The zero-order chi connectivity index (χ0) is 20.7. The van der Waals surface area contributed by atoms with Gasteiger partial charge in [0.15, 0.2) is 5.43 Å². The third kappa shape index (κ3) is 3.17. The van der Waals surface area contributed by atoms with E-state index >= 15 is 0 Å². The minimum atomic E-state index is 0.00473. The van der Waals surface area contributed by atoms with Crippen molar-refractivity contribution >= 4 is 39.3 Å². The fraction of sp³-hybridized carbons (Fsp3) is 0.200. The molecule has 0 aliphatic carbocycles. The Morgan fingerprint density at radius 3 is 2.13 bits per heavy atom. The summed E-state index contributed by atoms with van der Waals surface area (Å²) in [6.07, 6.45) is 1.92. The normalized spacial score (nSPS) is 16.4. The summed E-state index contributed by atoms with van der Waals surface area (Å²) in [4.78, 5) is 28.3. The fourth-order valence-electron chi connectivity index (χ4n) is 4.57. The lowest BCUT2D eigenvalue weighted by molar-refractivity contribution is -0.132. The van der Waals surface area contributed by atoms with Crippen molar-refractivity contribution in [3.63, 3.8) is 0 Å². The van der Waals surface area contributed by atoms with E-state index in [1.807, 2.05) is 82.3 Å². The van der Waals surface area contributed by atoms with Crippen LogP contribution in [-0.4, -0.2) is 21.9 Å². The van der Waals surface area contributed by atoms with Crippen LogP contribution in [0.25, 0.3) is 21.8 Å². The Bertz CT molecular complexity index is 1250. The summed E-state index contributed by atoms with van der Waals surface area (Å²) in [5.74, 6) is 0.0615. The van der Waals surface area contributed by atoms with Crippen LogP contribution in [0.4, 0.5) is 0 Å². The van der Waals surface area contributed by atoms with Crippen molar-refractivity contribution < 1.29 is 4.79 Å². The van der Waals surface area contributed by atoms with E-state index in [2.05, 4.69) is 0 Å². The highest BCUT2D eigenvalue weighted by atomic mass is 35.5. The standard InChI is InChI=1S/C25H21ClN2O2/c26-18-13-11-17(12-14-18)21-10-5-15-27(21)24(29)16-28-22-8-3-1-6-19(22)25(30)20-7-2-4-9-23(20)28/h1-4,6-9,11-14,21H,5,10,15-16H2/t21-/m1/s1. The van der Waals surface area contributed by atoms with Crippen LogP contribution in [0.15, 0.2) is 77.6 Å². The highest BCUT2D eigenvalue weighted by molar-refractivity contribution is 6.30. The van der Waals surface area contributed by atoms with Crippen LogP contribution in [0, 0.1) is 0 Å². The molecular weight excluding hydrogens is 396 g/mol. The van der Waals surface area contributed by atoms with Crippen molar-refractivity contribution in [1.29, 1.82) is 0 Å². The molecule has 1 fully saturated rings. The number of hydrogen-bond donors (Lipinski definition) is 0. The molecule has 0 radical (unpaired) electrons. The molecule has 0 N–H and O–H groups in total. The fourth-order valence-corrected chi connectivity index (χ4v) is 4.70. The second kappa shape index (κ2) is 7.62. The number of aromatic nitrogens is 1. The minimum Gasteiger partial charge on any atom is -0.334 e. The summed E-state index contributed by atoms with van der Waals surface area (Å²) >= 11 is 6.04. The number of hydrogen-bond acceptors (Lipinski definition) is 2. The maximum absolute atomic E-state index is 13.4. The van der Waals surface area contributed by atoms with E-state index in [1.54, 1.807) is 0 Å². The van der Waals surface area contributed by atoms with Crippen molar-refractivity contribution in [2.45, 2.75) is 25.4 Å². The molecule has 150 valence electrons. The molecule has 0 unspecified atom stereocenters. The van der Waals surface area contributed by atoms with Crippen LogP contribution < -0.4 is 5.43 Å². The number of para-hydroxylation sites is 2. The number of fused-ring (bicyclic) bond motifs is 2. The molecule has 0 bridgehead atoms. The van der Waals surface area contributed by atoms with E-state index in [1.165, 1.54) is 0 Å². The molecule has 0 saturated carbocycles. The Morgan fingerprint density at radius 1 is 0.900 bits per heavy atom. The molecule has 1 aromatic heterocycles. The second-order valence-corrected chi connectivity index (χ2v) is 8.18. The molecule has 1 atom stereocenters. The van der Waals surface area contributed by atoms with E-state index in [0.717, 1.165) is 36.0 Å². The molecule has 4 aromatic rings. The molecule has 2 heterocycles. The van der Waals surface area contributed by atoms with Gasteiger partial charge in [-0.1, -0.05) is 48.0 Å². The van der Waals surface area contributed by atoms with Crippen LogP contribution in [-0.2, 0) is 11.3 Å². The zero-order valence-electron chi connectivity index (χ0n) is 16.4. The SMILES string of the molecule is O=C(Cn1c2ccccc2c(=O)c2ccccc21)N1CCC[C@@H]1c1ccc(Cl)cc1. The molecule has 5 heteroatoms. The molecular formula is C25H21ClN2O2. The molecule has 1 aliphatic heterocycles. The maximum atomic E-state index is 13.4. The number of amides is 1. The predicted molar refractivity (Wildman–Crippen MR) is 121 cm³/mol. The monoisotopic (exact) mass is 416 g/mol. The average molecular weight is 417 g/mol. The number of carbonyl (C=O) groups excluding carboxylic acids is 1. The first kappa shape index (κ1) is 18.9. The Morgan fingerprint density at radius 2 is 1.50 bits per heavy atom. The summed E-state index contributed by atoms with van der Waals surface area (Å²) in [5.41, 5.74) is 2.69. The second-order valence-electron chi connectivity index (χ2n) is 7.75. The van der Waals surface area contributed by atoms with Gasteiger partial charge in [-0.3, -0.25) is 9.59 Å². The minimum absolute atomic E-state index is 0.00473. The molecule has 30 heavy (non-hydrogen) atoms. The Balaban J connectivity index is 1.56. The lowest BCUT2D eigenvalue weighted by Gasteiger charge is -2.26. The van der Waals surface area contributed by atoms with E-state index in [-0.39, 0.29) is 23.9 Å². The summed E-state index contributed by atoms with van der Waals surface area (Å²) in [6.45, 7) is 0.938. The van der Waals surface area contributed by atoms with Crippen molar-refractivity contribution in [1.82, 2.24) is 9.47 Å². The summed E-state index contributed by atoms with van der Waals surface area (Å²) in [7, 11) is 0. The lowest BCUT2D eigenvalue weighted by Crippen LogP contribution is -2.34. The van der Waals surface area contributed by atoms with E-state index in [4.69, 9.17) is 11.6 Å². The number of nitrogens with zero attached hydrogens (tertiary/aromatic N) is 2. The zero-order valence-corrected chi connectivity index (χ0v) is 17.2. The smallest absolute Gasteiger partial charge is 0.243 e. The average Bonchev–Trinajstić information content (AvgIpc) is 3.27. The van der Waals surface area contributed by atoms with E-state index < -0.39 is 0 Å². The maximum Gasteiger partial charge on any atom is 0.243 e. The van der Waals surface area contributed by atoms with E-state index in [9.17, 15) is 9.59 Å². The first-order valence-corrected chi connectivity index (χ1v) is 10.6. The van der Waals surface area contributed by atoms with Gasteiger partial charge in [-0.15, -0.1) is 0 Å². The van der Waals surface area contributed by atoms with Gasteiger partial charge in [-0.2, -0.15) is 0 Å². The number of halogens is 1. The predicted octanol–water partition coefficient (Wildman–Crippen LogP) is 5.17. The molecule has 1 saturated heterocycles. The van der Waals surface area contributed by atoms with Crippen molar-refractivity contribution in [3.8, 4) is 0 Å². The first-order chi connectivity index (χ1) is 14.6. The van der Waals surface area contributed by atoms with Gasteiger partial charge in [0, 0.05) is 22.3 Å². The van der Waals surface area contributed by atoms with E-state index in [0.29, 0.717) is 15.8 Å². The van der Waals surface area contributed by atoms with Crippen LogP contribution in [0.5, 0.6) is 0 Å². The third-order valence-corrected chi connectivity index (χ3v) is 6.25. The Kier molecular flexibility index (Phi) is 4.80. The molecule has 5 rings (SSSR count). The Labute approximate surface area is 179 Å². The number of rotatable bonds is 3. The molecule has 1 aliphatic rings. The van der Waals surface area contributed by atoms with Gasteiger partial charge in [0.1, 0.15) is 6.54 Å². The lowest BCUT2D eigenvalue weighted by atomic mass is 10.0. The van der Waals surface area contributed by atoms with Gasteiger partial charge in [0.05, 0.1) is 17.1 Å². The topological polar surface area (TPSA) is 42.3 Å². The van der Waals surface area contributed by atoms with Crippen LogP contribution in [0.3, 0.4) is 0 Å². The Hall–Kier alpha value is -3.11.